The zero-order valence-electron chi connectivity index (χ0n) is 11.6. The van der Waals surface area contributed by atoms with Crippen molar-refractivity contribution in [3.8, 4) is 5.75 Å². The molecule has 0 aromatic heterocycles. The van der Waals surface area contributed by atoms with Gasteiger partial charge in [-0.25, -0.2) is 4.79 Å². The van der Waals surface area contributed by atoms with Gasteiger partial charge in [0, 0.05) is 20.1 Å². The Morgan fingerprint density at radius 1 is 1.35 bits per heavy atom. The van der Waals surface area contributed by atoms with Crippen LogP contribution in [0.15, 0.2) is 24.3 Å². The van der Waals surface area contributed by atoms with Crippen LogP contribution in [-0.2, 0) is 20.7 Å². The zero-order valence-corrected chi connectivity index (χ0v) is 11.6. The van der Waals surface area contributed by atoms with Gasteiger partial charge in [-0.1, -0.05) is 12.1 Å². The number of hydrogen-bond donors (Lipinski definition) is 2. The molecule has 0 fully saturated rings. The summed E-state index contributed by atoms with van der Waals surface area (Å²) in [5.74, 6) is -0.757. The Kier molecular flexibility index (Phi) is 6.52. The Hall–Kier alpha value is -2.08. The maximum absolute atomic E-state index is 11.8. The van der Waals surface area contributed by atoms with Crippen LogP contribution in [0.3, 0.4) is 0 Å². The maximum Gasteiger partial charge on any atom is 0.326 e. The fourth-order valence-corrected chi connectivity index (χ4v) is 1.71. The number of carbonyl (C=O) groups excluding carboxylic acids is 1. The molecule has 6 heteroatoms. The number of carboxylic acid groups (broad SMARTS) is 1. The molecule has 0 spiro atoms. The molecule has 0 saturated carbocycles. The van der Waals surface area contributed by atoms with Crippen molar-refractivity contribution < 1.29 is 24.2 Å². The number of carboxylic acids is 1. The van der Waals surface area contributed by atoms with Crippen LogP contribution in [-0.4, -0.2) is 43.9 Å². The molecule has 1 unspecified atom stereocenters. The summed E-state index contributed by atoms with van der Waals surface area (Å²) in [4.78, 5) is 22.8. The largest absolute Gasteiger partial charge is 0.497 e. The van der Waals surface area contributed by atoms with E-state index in [1.54, 1.807) is 31.4 Å². The van der Waals surface area contributed by atoms with E-state index in [0.717, 1.165) is 5.56 Å². The Bertz CT molecular complexity index is 461. The van der Waals surface area contributed by atoms with Crippen LogP contribution >= 0.6 is 0 Å². The van der Waals surface area contributed by atoms with E-state index in [1.807, 2.05) is 0 Å². The second kappa shape index (κ2) is 8.16. The molecule has 6 nitrogen and oxygen atoms in total. The van der Waals surface area contributed by atoms with Crippen LogP contribution in [0.5, 0.6) is 5.75 Å². The zero-order chi connectivity index (χ0) is 15.0. The lowest BCUT2D eigenvalue weighted by atomic mass is 10.1. The molecule has 1 atom stereocenters. The number of ether oxygens (including phenoxy) is 2. The third-order valence-electron chi connectivity index (χ3n) is 2.74. The van der Waals surface area contributed by atoms with Crippen LogP contribution in [0.2, 0.25) is 0 Å². The van der Waals surface area contributed by atoms with Crippen molar-refractivity contribution in [3.05, 3.63) is 29.8 Å². The van der Waals surface area contributed by atoms with Gasteiger partial charge in [-0.2, -0.15) is 0 Å². The average molecular weight is 281 g/mol. The summed E-state index contributed by atoms with van der Waals surface area (Å²) >= 11 is 0. The third-order valence-corrected chi connectivity index (χ3v) is 2.74. The third kappa shape index (κ3) is 5.27. The molecule has 0 radical (unpaired) electrons. The summed E-state index contributed by atoms with van der Waals surface area (Å²) in [6.45, 7) is 0.274. The number of methoxy groups -OCH3 is 2. The molecule has 0 bridgehead atoms. The first-order valence-electron chi connectivity index (χ1n) is 6.21. The van der Waals surface area contributed by atoms with E-state index in [4.69, 9.17) is 14.6 Å². The number of rotatable bonds is 8. The highest BCUT2D eigenvalue weighted by atomic mass is 16.5. The first-order valence-corrected chi connectivity index (χ1v) is 6.21. The molecule has 1 amide bonds. The Balaban J connectivity index is 2.58. The highest BCUT2D eigenvalue weighted by Crippen LogP contribution is 2.13. The molecule has 0 aliphatic heterocycles. The van der Waals surface area contributed by atoms with Gasteiger partial charge >= 0.3 is 5.97 Å². The predicted octanol–water partition coefficient (Wildman–Crippen LogP) is 0.844. The molecule has 0 heterocycles. The Labute approximate surface area is 117 Å². The van der Waals surface area contributed by atoms with Crippen LogP contribution in [0.25, 0.3) is 0 Å². The van der Waals surface area contributed by atoms with E-state index >= 15 is 0 Å². The van der Waals surface area contributed by atoms with Gasteiger partial charge in [0.2, 0.25) is 5.91 Å². The molecule has 1 rings (SSSR count). The predicted molar refractivity (Wildman–Crippen MR) is 72.8 cm³/mol. The molecule has 2 N–H and O–H groups in total. The lowest BCUT2D eigenvalue weighted by molar-refractivity contribution is -0.142. The molecule has 0 aliphatic rings. The number of nitrogens with one attached hydrogen (secondary N) is 1. The number of aliphatic carboxylic acids is 1. The summed E-state index contributed by atoms with van der Waals surface area (Å²) in [7, 11) is 3.03. The summed E-state index contributed by atoms with van der Waals surface area (Å²) in [6.07, 6.45) is 0.337. The van der Waals surface area contributed by atoms with Gasteiger partial charge in [0.25, 0.3) is 0 Å². The van der Waals surface area contributed by atoms with Crippen molar-refractivity contribution in [2.24, 2.45) is 0 Å². The van der Waals surface area contributed by atoms with E-state index < -0.39 is 12.0 Å². The van der Waals surface area contributed by atoms with Crippen LogP contribution in [0.1, 0.15) is 12.0 Å². The monoisotopic (exact) mass is 281 g/mol. The van der Waals surface area contributed by atoms with E-state index in [0.29, 0.717) is 5.75 Å². The van der Waals surface area contributed by atoms with Crippen LogP contribution in [0.4, 0.5) is 0 Å². The van der Waals surface area contributed by atoms with E-state index in [-0.39, 0.29) is 25.4 Å². The number of amides is 1. The van der Waals surface area contributed by atoms with Crippen molar-refractivity contribution >= 4 is 11.9 Å². The van der Waals surface area contributed by atoms with Crippen molar-refractivity contribution in [1.82, 2.24) is 5.32 Å². The minimum atomic E-state index is -1.07. The molecule has 0 aliphatic carbocycles. The standard InChI is InChI=1S/C14H19NO5/c1-19-7-6-12(14(17)18)15-13(16)9-10-4-3-5-11(8-10)20-2/h3-5,8,12H,6-7,9H2,1-2H3,(H,15,16)(H,17,18). The smallest absolute Gasteiger partial charge is 0.326 e. The average Bonchev–Trinajstić information content (AvgIpc) is 2.43. The SMILES string of the molecule is COCCC(NC(=O)Cc1cccc(OC)c1)C(=O)O. The lowest BCUT2D eigenvalue weighted by Crippen LogP contribution is -2.42. The normalized spacial score (nSPS) is 11.7. The Morgan fingerprint density at radius 3 is 2.70 bits per heavy atom. The van der Waals surface area contributed by atoms with E-state index in [1.165, 1.54) is 7.11 Å². The number of carbonyl (C=O) groups is 2. The summed E-state index contributed by atoms with van der Waals surface area (Å²) in [6, 6.07) is 6.14. The van der Waals surface area contributed by atoms with Crippen molar-refractivity contribution in [2.75, 3.05) is 20.8 Å². The molecule has 0 saturated heterocycles. The molecule has 110 valence electrons. The quantitative estimate of drug-likeness (QED) is 0.737. The van der Waals surface area contributed by atoms with Gasteiger partial charge in [-0.05, 0) is 17.7 Å². The highest BCUT2D eigenvalue weighted by molar-refractivity contribution is 5.84. The van der Waals surface area contributed by atoms with Gasteiger partial charge < -0.3 is 19.9 Å². The molecular weight excluding hydrogens is 262 g/mol. The highest BCUT2D eigenvalue weighted by Gasteiger charge is 2.19. The minimum absolute atomic E-state index is 0.105. The summed E-state index contributed by atoms with van der Waals surface area (Å²) < 4.78 is 9.89. The Morgan fingerprint density at radius 2 is 2.10 bits per heavy atom. The van der Waals surface area contributed by atoms with Gasteiger partial charge in [0.1, 0.15) is 11.8 Å². The van der Waals surface area contributed by atoms with Gasteiger partial charge in [-0.15, -0.1) is 0 Å². The fraction of sp³-hybridized carbons (Fsp3) is 0.429. The van der Waals surface area contributed by atoms with Gasteiger partial charge in [0.05, 0.1) is 13.5 Å². The second-order valence-corrected chi connectivity index (χ2v) is 4.27. The second-order valence-electron chi connectivity index (χ2n) is 4.27. The molecule has 1 aromatic rings. The van der Waals surface area contributed by atoms with Crippen molar-refractivity contribution in [1.29, 1.82) is 0 Å². The molecule has 20 heavy (non-hydrogen) atoms. The first-order chi connectivity index (χ1) is 9.56. The fourth-order valence-electron chi connectivity index (χ4n) is 1.71. The molecular formula is C14H19NO5. The number of benzene rings is 1. The summed E-state index contributed by atoms with van der Waals surface area (Å²) in [5, 5.41) is 11.5. The van der Waals surface area contributed by atoms with Gasteiger partial charge in [0.15, 0.2) is 0 Å². The van der Waals surface area contributed by atoms with Gasteiger partial charge in [-0.3, -0.25) is 4.79 Å². The summed E-state index contributed by atoms with van der Waals surface area (Å²) in [5.41, 5.74) is 0.762. The topological polar surface area (TPSA) is 84.9 Å². The minimum Gasteiger partial charge on any atom is -0.497 e. The van der Waals surface area contributed by atoms with E-state index in [9.17, 15) is 9.59 Å². The molecule has 1 aromatic carbocycles. The van der Waals surface area contributed by atoms with Crippen LogP contribution < -0.4 is 10.1 Å². The van der Waals surface area contributed by atoms with E-state index in [2.05, 4.69) is 5.32 Å². The van der Waals surface area contributed by atoms with Crippen LogP contribution in [0, 0.1) is 0 Å². The number of hydrogen-bond acceptors (Lipinski definition) is 4. The van der Waals surface area contributed by atoms with Crippen molar-refractivity contribution in [3.63, 3.8) is 0 Å². The maximum atomic E-state index is 11.8. The first kappa shape index (κ1) is 16.0. The van der Waals surface area contributed by atoms with Crippen molar-refractivity contribution in [2.45, 2.75) is 18.9 Å². The lowest BCUT2D eigenvalue weighted by Gasteiger charge is -2.14.